The summed E-state index contributed by atoms with van der Waals surface area (Å²) in [5.41, 5.74) is -0.543. The normalized spacial score (nSPS) is 12.1. The molecule has 9 heteroatoms. The van der Waals surface area contributed by atoms with Gasteiger partial charge in [0.25, 0.3) is 0 Å². The highest BCUT2D eigenvalue weighted by atomic mass is 35.5. The Morgan fingerprint density at radius 1 is 1.14 bits per heavy atom. The number of benzene rings is 2. The van der Waals surface area contributed by atoms with Crippen LogP contribution >= 0.6 is 11.6 Å². The predicted molar refractivity (Wildman–Crippen MR) is 97.1 cm³/mol. The molecule has 5 nitrogen and oxygen atoms in total. The van der Waals surface area contributed by atoms with E-state index in [0.717, 1.165) is 0 Å². The number of nitrogens with zero attached hydrogens (tertiary/aromatic N) is 2. The molecule has 144 valence electrons. The Labute approximate surface area is 162 Å². The first kappa shape index (κ1) is 19.6. The Bertz CT molecular complexity index is 1000. The molecule has 0 aliphatic heterocycles. The highest BCUT2D eigenvalue weighted by molar-refractivity contribution is 6.30. The van der Waals surface area contributed by atoms with Crippen molar-refractivity contribution in [1.29, 1.82) is 0 Å². The number of nitrogens with one attached hydrogen (secondary N) is 1. The summed E-state index contributed by atoms with van der Waals surface area (Å²) in [5.74, 6) is -0.633. The summed E-state index contributed by atoms with van der Waals surface area (Å²) in [7, 11) is 0. The highest BCUT2D eigenvalue weighted by Gasteiger charge is 2.35. The summed E-state index contributed by atoms with van der Waals surface area (Å²) < 4.78 is 44.8. The van der Waals surface area contributed by atoms with Gasteiger partial charge in [-0.25, -0.2) is 0 Å². The number of hydrogen-bond acceptors (Lipinski definition) is 4. The average Bonchev–Trinajstić information content (AvgIpc) is 3.13. The lowest BCUT2D eigenvalue weighted by molar-refractivity contribution is -0.117. The van der Waals surface area contributed by atoms with Crippen molar-refractivity contribution in [3.8, 4) is 11.4 Å². The zero-order valence-corrected chi connectivity index (χ0v) is 15.0. The molecule has 1 amide bonds. The van der Waals surface area contributed by atoms with Crippen molar-refractivity contribution in [2.24, 2.45) is 0 Å². The van der Waals surface area contributed by atoms with Crippen LogP contribution in [0.4, 0.5) is 13.2 Å². The van der Waals surface area contributed by atoms with Crippen molar-refractivity contribution >= 4 is 23.1 Å². The van der Waals surface area contributed by atoms with Gasteiger partial charge in [-0.1, -0.05) is 59.2 Å². The topological polar surface area (TPSA) is 68.0 Å². The molecule has 0 saturated heterocycles. The smallest absolute Gasteiger partial charge is 0.343 e. The van der Waals surface area contributed by atoms with E-state index in [4.69, 9.17) is 16.1 Å². The molecule has 2 aromatic carbocycles. The molecule has 1 N–H and O–H groups in total. The number of amides is 1. The van der Waals surface area contributed by atoms with Crippen LogP contribution in [0.5, 0.6) is 0 Å². The van der Waals surface area contributed by atoms with Gasteiger partial charge in [0.15, 0.2) is 0 Å². The predicted octanol–water partition coefficient (Wildman–Crippen LogP) is 4.65. The van der Waals surface area contributed by atoms with Crippen LogP contribution in [0.1, 0.15) is 11.5 Å². The highest BCUT2D eigenvalue weighted by Crippen LogP contribution is 2.33. The van der Waals surface area contributed by atoms with Gasteiger partial charge >= 0.3 is 6.18 Å². The Morgan fingerprint density at radius 2 is 1.89 bits per heavy atom. The fourth-order valence-corrected chi connectivity index (χ4v) is 2.55. The van der Waals surface area contributed by atoms with Gasteiger partial charge in [0.05, 0.1) is 12.1 Å². The Kier molecular flexibility index (Phi) is 5.79. The Balaban J connectivity index is 1.70. The van der Waals surface area contributed by atoms with E-state index in [9.17, 15) is 18.0 Å². The molecule has 0 aliphatic carbocycles. The maximum Gasteiger partial charge on any atom is 0.417 e. The van der Waals surface area contributed by atoms with Crippen LogP contribution in [0.25, 0.3) is 17.0 Å². The average molecular weight is 408 g/mol. The Morgan fingerprint density at radius 3 is 2.57 bits per heavy atom. The summed E-state index contributed by atoms with van der Waals surface area (Å²) in [5, 5.41) is 6.56. The standard InChI is InChI=1S/C19H13ClF3N3O2/c20-14-8-4-7-13(9-14)18-25-17(28-26-18)11-24-16(27)10-15(19(21,22)23)12-5-2-1-3-6-12/h1-10H,11H2,(H,24,27). The minimum absolute atomic E-state index is 0.0463. The van der Waals surface area contributed by atoms with Gasteiger partial charge in [-0.05, 0) is 17.7 Å². The van der Waals surface area contributed by atoms with Crippen LogP contribution < -0.4 is 5.32 Å². The van der Waals surface area contributed by atoms with Crippen molar-refractivity contribution in [2.75, 3.05) is 0 Å². The maximum atomic E-state index is 13.3. The quantitative estimate of drug-likeness (QED) is 0.625. The molecule has 3 aromatic rings. The number of allylic oxidation sites excluding steroid dienone is 1. The zero-order chi connectivity index (χ0) is 20.1. The third-order valence-corrected chi connectivity index (χ3v) is 3.87. The molecule has 0 aliphatic rings. The van der Waals surface area contributed by atoms with Crippen molar-refractivity contribution in [3.63, 3.8) is 0 Å². The van der Waals surface area contributed by atoms with Crippen LogP contribution in [-0.4, -0.2) is 22.2 Å². The van der Waals surface area contributed by atoms with Gasteiger partial charge in [0, 0.05) is 16.7 Å². The van der Waals surface area contributed by atoms with Crippen LogP contribution in [0.3, 0.4) is 0 Å². The second-order valence-corrected chi connectivity index (χ2v) is 6.10. The molecule has 0 atom stereocenters. The van der Waals surface area contributed by atoms with Crippen LogP contribution in [-0.2, 0) is 11.3 Å². The first-order chi connectivity index (χ1) is 13.3. The van der Waals surface area contributed by atoms with E-state index in [1.165, 1.54) is 24.3 Å². The second-order valence-electron chi connectivity index (χ2n) is 5.66. The molecule has 0 spiro atoms. The van der Waals surface area contributed by atoms with Gasteiger partial charge < -0.3 is 9.84 Å². The summed E-state index contributed by atoms with van der Waals surface area (Å²) in [6, 6.07) is 13.8. The summed E-state index contributed by atoms with van der Waals surface area (Å²) in [6.45, 7) is -0.219. The van der Waals surface area contributed by atoms with E-state index in [2.05, 4.69) is 15.5 Å². The minimum Gasteiger partial charge on any atom is -0.343 e. The van der Waals surface area contributed by atoms with E-state index in [0.29, 0.717) is 16.7 Å². The molecule has 3 rings (SSSR count). The van der Waals surface area contributed by atoms with Crippen molar-refractivity contribution in [1.82, 2.24) is 15.5 Å². The summed E-state index contributed by atoms with van der Waals surface area (Å²) in [4.78, 5) is 16.1. The number of halogens is 4. The van der Waals surface area contributed by atoms with Crippen LogP contribution in [0.15, 0.2) is 65.2 Å². The van der Waals surface area contributed by atoms with Crippen molar-refractivity contribution < 1.29 is 22.5 Å². The first-order valence-electron chi connectivity index (χ1n) is 8.03. The van der Waals surface area contributed by atoms with Crippen molar-refractivity contribution in [3.05, 3.63) is 77.2 Å². The fraction of sp³-hybridized carbons (Fsp3) is 0.105. The Hall–Kier alpha value is -3.13. The second kappa shape index (κ2) is 8.26. The SMILES string of the molecule is O=C(C=C(c1ccccc1)C(F)(F)F)NCc1nc(-c2cccc(Cl)c2)no1. The first-order valence-corrected chi connectivity index (χ1v) is 8.41. The minimum atomic E-state index is -4.68. The number of rotatable bonds is 5. The molecule has 0 bridgehead atoms. The van der Waals surface area contributed by atoms with E-state index in [1.54, 1.807) is 30.3 Å². The van der Waals surface area contributed by atoms with Gasteiger partial charge in [0.1, 0.15) is 0 Å². The molecular formula is C19H13ClF3N3O2. The van der Waals surface area contributed by atoms with E-state index in [-0.39, 0.29) is 23.8 Å². The monoisotopic (exact) mass is 407 g/mol. The van der Waals surface area contributed by atoms with Gasteiger partial charge in [-0.3, -0.25) is 4.79 Å². The fourth-order valence-electron chi connectivity index (χ4n) is 2.36. The maximum absolute atomic E-state index is 13.3. The van der Waals surface area contributed by atoms with Crippen LogP contribution in [0.2, 0.25) is 5.02 Å². The number of alkyl halides is 3. The number of carbonyl (C=O) groups is 1. The largest absolute Gasteiger partial charge is 0.417 e. The number of carbonyl (C=O) groups excluding carboxylic acids is 1. The summed E-state index contributed by atoms with van der Waals surface area (Å²) >= 11 is 5.90. The molecule has 1 aromatic heterocycles. The van der Waals surface area contributed by atoms with E-state index in [1.807, 2.05) is 0 Å². The third-order valence-electron chi connectivity index (χ3n) is 3.63. The lowest BCUT2D eigenvalue weighted by Gasteiger charge is -2.11. The molecule has 0 fully saturated rings. The van der Waals surface area contributed by atoms with E-state index >= 15 is 0 Å². The lowest BCUT2D eigenvalue weighted by atomic mass is 10.1. The van der Waals surface area contributed by atoms with Gasteiger partial charge in [-0.2, -0.15) is 18.2 Å². The zero-order valence-electron chi connectivity index (χ0n) is 14.2. The molecule has 28 heavy (non-hydrogen) atoms. The van der Waals surface area contributed by atoms with Crippen molar-refractivity contribution in [2.45, 2.75) is 12.7 Å². The molecule has 0 unspecified atom stereocenters. The molecule has 0 saturated carbocycles. The van der Waals surface area contributed by atoms with Crippen LogP contribution in [0, 0.1) is 0 Å². The molecule has 1 heterocycles. The summed E-state index contributed by atoms with van der Waals surface area (Å²) in [6.07, 6.45) is -4.17. The molecule has 0 radical (unpaired) electrons. The number of hydrogen-bond donors (Lipinski definition) is 1. The lowest BCUT2D eigenvalue weighted by Crippen LogP contribution is -2.23. The van der Waals surface area contributed by atoms with Gasteiger partial charge in [0.2, 0.25) is 17.6 Å². The van der Waals surface area contributed by atoms with E-state index < -0.39 is 17.7 Å². The third kappa shape index (κ3) is 4.98. The van der Waals surface area contributed by atoms with Gasteiger partial charge in [-0.15, -0.1) is 0 Å². The number of aromatic nitrogens is 2. The molecular weight excluding hydrogens is 395 g/mol.